The first-order valence-electron chi connectivity index (χ1n) is 10.5. The largest absolute Gasteiger partial charge is 0.370 e. The topological polar surface area (TPSA) is 109 Å². The highest BCUT2D eigenvalue weighted by molar-refractivity contribution is 6.09. The zero-order valence-corrected chi connectivity index (χ0v) is 17.3. The van der Waals surface area contributed by atoms with Gasteiger partial charge in [0.05, 0.1) is 11.1 Å². The van der Waals surface area contributed by atoms with Gasteiger partial charge in [0, 0.05) is 35.3 Å². The third-order valence-electron chi connectivity index (χ3n) is 5.72. The van der Waals surface area contributed by atoms with Gasteiger partial charge < -0.3 is 21.4 Å². The number of para-hydroxylation sites is 1. The lowest BCUT2D eigenvalue weighted by atomic mass is 10.0. The number of nitrogens with one attached hydrogen (secondary N) is 3. The van der Waals surface area contributed by atoms with Crippen LogP contribution >= 0.6 is 0 Å². The van der Waals surface area contributed by atoms with Crippen molar-refractivity contribution in [1.29, 1.82) is 0 Å². The van der Waals surface area contributed by atoms with Gasteiger partial charge in [-0.15, -0.1) is 0 Å². The number of carbonyl (C=O) groups is 1. The summed E-state index contributed by atoms with van der Waals surface area (Å²) in [6.45, 7) is 3.54. The van der Waals surface area contributed by atoms with Gasteiger partial charge in [0.2, 0.25) is 0 Å². The molecule has 2 aromatic carbocycles. The van der Waals surface area contributed by atoms with E-state index < -0.39 is 5.91 Å². The van der Waals surface area contributed by atoms with Crippen LogP contribution in [0.2, 0.25) is 0 Å². The Bertz CT molecular complexity index is 1280. The van der Waals surface area contributed by atoms with Gasteiger partial charge in [-0.2, -0.15) is 0 Å². The molecule has 0 saturated carbocycles. The lowest BCUT2D eigenvalue weighted by Crippen LogP contribution is -2.17. The first-order valence-corrected chi connectivity index (χ1v) is 10.5. The molecule has 0 atom stereocenters. The van der Waals surface area contributed by atoms with Crippen LogP contribution in [-0.2, 0) is 13.0 Å². The van der Waals surface area contributed by atoms with Gasteiger partial charge >= 0.3 is 0 Å². The van der Waals surface area contributed by atoms with Gasteiger partial charge in [0.15, 0.2) is 5.82 Å². The molecule has 1 amide bonds. The number of aromatic amines is 1. The van der Waals surface area contributed by atoms with Crippen molar-refractivity contribution in [2.45, 2.75) is 26.3 Å². The molecular formula is C24H24N6O. The lowest BCUT2D eigenvalue weighted by molar-refractivity contribution is 0.100. The van der Waals surface area contributed by atoms with E-state index in [1.54, 1.807) is 6.07 Å². The van der Waals surface area contributed by atoms with Crippen molar-refractivity contribution in [3.8, 4) is 11.4 Å². The van der Waals surface area contributed by atoms with Crippen LogP contribution in [0.3, 0.4) is 0 Å². The van der Waals surface area contributed by atoms with Crippen LogP contribution in [0.1, 0.15) is 33.6 Å². The second-order valence-electron chi connectivity index (χ2n) is 7.81. The van der Waals surface area contributed by atoms with Crippen molar-refractivity contribution >= 4 is 28.4 Å². The first kappa shape index (κ1) is 19.1. The number of carbonyl (C=O) groups excluding carboxylic acids is 1. The minimum atomic E-state index is -0.461. The van der Waals surface area contributed by atoms with Gasteiger partial charge in [0.1, 0.15) is 11.6 Å². The second-order valence-corrected chi connectivity index (χ2v) is 7.81. The molecule has 4 aromatic rings. The molecule has 7 heteroatoms. The highest BCUT2D eigenvalue weighted by Crippen LogP contribution is 2.35. The van der Waals surface area contributed by atoms with E-state index in [0.717, 1.165) is 58.7 Å². The summed E-state index contributed by atoms with van der Waals surface area (Å²) in [4.78, 5) is 25.0. The Hall–Kier alpha value is -3.87. The Morgan fingerprint density at radius 3 is 2.77 bits per heavy atom. The molecule has 31 heavy (non-hydrogen) atoms. The Balaban J connectivity index is 1.62. The van der Waals surface area contributed by atoms with Crippen molar-refractivity contribution in [3.63, 3.8) is 0 Å². The first-order chi connectivity index (χ1) is 15.1. The number of aryl methyl sites for hydroxylation is 1. The summed E-state index contributed by atoms with van der Waals surface area (Å²) >= 11 is 0. The Labute approximate surface area is 180 Å². The van der Waals surface area contributed by atoms with Crippen LogP contribution in [0, 0.1) is 6.92 Å². The molecule has 0 radical (unpaired) electrons. The van der Waals surface area contributed by atoms with E-state index in [1.807, 2.05) is 37.3 Å². The van der Waals surface area contributed by atoms with Crippen LogP contribution in [0.4, 0.5) is 11.6 Å². The minimum absolute atomic E-state index is 0.461. The summed E-state index contributed by atoms with van der Waals surface area (Å²) < 4.78 is 0. The molecule has 1 aliphatic heterocycles. The molecular weight excluding hydrogens is 388 g/mol. The lowest BCUT2D eigenvalue weighted by Gasteiger charge is -2.21. The smallest absolute Gasteiger partial charge is 0.250 e. The van der Waals surface area contributed by atoms with Gasteiger partial charge in [-0.1, -0.05) is 42.5 Å². The normalized spacial score (nSPS) is 12.9. The fourth-order valence-corrected chi connectivity index (χ4v) is 4.22. The molecule has 0 aliphatic carbocycles. The fourth-order valence-electron chi connectivity index (χ4n) is 4.22. The Kier molecular flexibility index (Phi) is 4.78. The van der Waals surface area contributed by atoms with Gasteiger partial charge in [-0.3, -0.25) is 4.79 Å². The maximum Gasteiger partial charge on any atom is 0.250 e. The Morgan fingerprint density at radius 2 is 1.97 bits per heavy atom. The number of rotatable bonds is 5. The number of nitrogens with two attached hydrogens (primary N) is 1. The maximum absolute atomic E-state index is 11.9. The predicted molar refractivity (Wildman–Crippen MR) is 123 cm³/mol. The number of amides is 1. The number of fused-ring (bicyclic) bond motifs is 2. The molecule has 2 aromatic heterocycles. The van der Waals surface area contributed by atoms with E-state index in [9.17, 15) is 4.79 Å². The molecule has 0 unspecified atom stereocenters. The van der Waals surface area contributed by atoms with E-state index in [4.69, 9.17) is 15.7 Å². The highest BCUT2D eigenvalue weighted by atomic mass is 16.1. The summed E-state index contributed by atoms with van der Waals surface area (Å²) in [6.07, 6.45) is 1.97. The average Bonchev–Trinajstić information content (AvgIpc) is 3.13. The van der Waals surface area contributed by atoms with Crippen LogP contribution in [0.15, 0.2) is 48.5 Å². The van der Waals surface area contributed by atoms with Crippen molar-refractivity contribution in [3.05, 3.63) is 70.9 Å². The van der Waals surface area contributed by atoms with Crippen LogP contribution in [0.5, 0.6) is 0 Å². The van der Waals surface area contributed by atoms with Crippen LogP contribution < -0.4 is 16.4 Å². The summed E-state index contributed by atoms with van der Waals surface area (Å²) in [7, 11) is 0. The van der Waals surface area contributed by atoms with E-state index in [2.05, 4.69) is 27.8 Å². The quantitative estimate of drug-likeness (QED) is 0.396. The molecule has 1 aliphatic rings. The Morgan fingerprint density at radius 1 is 1.13 bits per heavy atom. The molecule has 0 fully saturated rings. The third-order valence-corrected chi connectivity index (χ3v) is 5.72. The number of hydrogen-bond donors (Lipinski definition) is 4. The maximum atomic E-state index is 11.9. The van der Waals surface area contributed by atoms with Gasteiger partial charge in [-0.05, 0) is 31.4 Å². The minimum Gasteiger partial charge on any atom is -0.370 e. The van der Waals surface area contributed by atoms with Gasteiger partial charge in [-0.25, -0.2) is 9.97 Å². The second kappa shape index (κ2) is 7.75. The number of H-pyrrole nitrogens is 1. The summed E-state index contributed by atoms with van der Waals surface area (Å²) in [6, 6.07) is 15.8. The van der Waals surface area contributed by atoms with Gasteiger partial charge in [0.25, 0.3) is 5.91 Å². The fraction of sp³-hybridized carbons (Fsp3) is 0.208. The summed E-state index contributed by atoms with van der Waals surface area (Å²) in [5.74, 6) is 1.87. The number of benzene rings is 2. The van der Waals surface area contributed by atoms with E-state index >= 15 is 0 Å². The molecule has 0 bridgehead atoms. The molecule has 0 saturated heterocycles. The van der Waals surface area contributed by atoms with E-state index in [1.165, 1.54) is 5.56 Å². The van der Waals surface area contributed by atoms with E-state index in [0.29, 0.717) is 17.9 Å². The number of primary amides is 1. The summed E-state index contributed by atoms with van der Waals surface area (Å²) in [5, 5.41) is 7.83. The highest BCUT2D eigenvalue weighted by Gasteiger charge is 2.22. The van der Waals surface area contributed by atoms with Crippen molar-refractivity contribution < 1.29 is 4.79 Å². The van der Waals surface area contributed by atoms with E-state index in [-0.39, 0.29) is 0 Å². The predicted octanol–water partition coefficient (Wildman–Crippen LogP) is 4.00. The molecule has 5 N–H and O–H groups in total. The average molecular weight is 412 g/mol. The molecule has 0 spiro atoms. The molecule has 3 heterocycles. The van der Waals surface area contributed by atoms with Crippen LogP contribution in [0.25, 0.3) is 22.3 Å². The number of aromatic nitrogens is 3. The van der Waals surface area contributed by atoms with Crippen molar-refractivity contribution in [2.75, 3.05) is 17.2 Å². The zero-order chi connectivity index (χ0) is 21.4. The summed E-state index contributed by atoms with van der Waals surface area (Å²) in [5.41, 5.74) is 10.8. The monoisotopic (exact) mass is 412 g/mol. The molecule has 5 rings (SSSR count). The molecule has 7 nitrogen and oxygen atoms in total. The number of nitrogens with zero attached hydrogens (tertiary/aromatic N) is 2. The number of anilines is 2. The zero-order valence-electron chi connectivity index (χ0n) is 17.3. The third kappa shape index (κ3) is 3.48. The number of hydrogen-bond acceptors (Lipinski definition) is 5. The van der Waals surface area contributed by atoms with Crippen LogP contribution in [-0.4, -0.2) is 27.4 Å². The SMILES string of the molecule is Cc1[nH]c2c(C(N)=O)cccc2c1-c1nc2c(c(NCc3ccccc3)n1)CCCN2. The van der Waals surface area contributed by atoms with Crippen molar-refractivity contribution in [1.82, 2.24) is 15.0 Å². The van der Waals surface area contributed by atoms with Crippen molar-refractivity contribution in [2.24, 2.45) is 5.73 Å². The standard InChI is InChI=1S/C24H24N6O/c1-14-19(16-9-5-10-17(21(25)31)20(16)28-14)24-29-22-18(11-6-12-26-22)23(30-24)27-13-15-7-3-2-4-8-15/h2-5,7-10,28H,6,11-13H2,1H3,(H2,25,31)(H2,26,27,29,30). The molecule has 156 valence electrons.